The summed E-state index contributed by atoms with van der Waals surface area (Å²) in [6.45, 7) is 4.60. The third-order valence-corrected chi connectivity index (χ3v) is 11.2. The molecule has 0 aliphatic heterocycles. The molecule has 0 radical (unpaired) electrons. The van der Waals surface area contributed by atoms with Gasteiger partial charge in [0, 0.05) is 27.4 Å². The van der Waals surface area contributed by atoms with Gasteiger partial charge in [-0.3, -0.25) is 0 Å². The summed E-state index contributed by atoms with van der Waals surface area (Å²) in [5, 5.41) is 0. The lowest BCUT2D eigenvalue weighted by Gasteiger charge is -2.24. The Hall–Kier alpha value is -0.683. The molecule has 228 valence electrons. The van der Waals surface area contributed by atoms with Gasteiger partial charge in [-0.25, -0.2) is 0 Å². The van der Waals surface area contributed by atoms with Crippen LogP contribution in [0.1, 0.15) is 159 Å². The van der Waals surface area contributed by atoms with Crippen molar-refractivity contribution in [3.63, 3.8) is 0 Å². The van der Waals surface area contributed by atoms with Crippen LogP contribution in [0.2, 0.25) is 6.04 Å². The first kappa shape index (κ1) is 36.3. The second kappa shape index (κ2) is 25.1. The lowest BCUT2D eigenvalue weighted by molar-refractivity contribution is 0.123. The van der Waals surface area contributed by atoms with Crippen molar-refractivity contribution in [1.29, 1.82) is 0 Å². The maximum atomic E-state index is 5.61. The number of rotatable bonds is 28. The maximum absolute atomic E-state index is 5.61. The van der Waals surface area contributed by atoms with Crippen molar-refractivity contribution in [1.82, 2.24) is 0 Å². The molecule has 0 aliphatic rings. The van der Waals surface area contributed by atoms with Crippen molar-refractivity contribution in [2.45, 2.75) is 168 Å². The van der Waals surface area contributed by atoms with E-state index in [1.54, 1.807) is 32.5 Å². The van der Waals surface area contributed by atoms with Crippen LogP contribution in [0.25, 0.3) is 0 Å². The minimum absolute atomic E-state index is 0.889. The van der Waals surface area contributed by atoms with Crippen molar-refractivity contribution in [2.24, 2.45) is 0 Å². The number of hydrogen-bond donors (Lipinski definition) is 0. The second-order valence-electron chi connectivity index (χ2n) is 11.8. The molecule has 0 unspecified atom stereocenters. The Kier molecular flexibility index (Phi) is 23.4. The van der Waals surface area contributed by atoms with E-state index in [1.807, 2.05) is 0 Å². The summed E-state index contributed by atoms with van der Waals surface area (Å²) in [6.07, 6.45) is 31.0. The Labute approximate surface area is 245 Å². The summed E-state index contributed by atoms with van der Waals surface area (Å²) in [5.41, 5.74) is 4.65. The average Bonchev–Trinajstić information content (AvgIpc) is 2.96. The summed E-state index contributed by atoms with van der Waals surface area (Å²) in [7, 11) is 2.69. The van der Waals surface area contributed by atoms with Crippen molar-refractivity contribution in [3.05, 3.63) is 34.9 Å². The van der Waals surface area contributed by atoms with Gasteiger partial charge in [0.15, 0.2) is 0 Å². The summed E-state index contributed by atoms with van der Waals surface area (Å²) in [6, 6.07) is 8.41. The summed E-state index contributed by atoms with van der Waals surface area (Å²) >= 11 is 0. The number of hydrogen-bond acceptors (Lipinski definition) is 3. The largest absolute Gasteiger partial charge is 0.500 e. The van der Waals surface area contributed by atoms with E-state index in [0.29, 0.717) is 0 Å². The molecular weight excluding hydrogens is 496 g/mol. The van der Waals surface area contributed by atoms with E-state index in [0.717, 1.165) is 25.3 Å². The molecule has 39 heavy (non-hydrogen) atoms. The molecule has 0 spiro atoms. The maximum Gasteiger partial charge on any atom is 0.500 e. The van der Waals surface area contributed by atoms with Crippen molar-refractivity contribution in [3.8, 4) is 0 Å². The highest BCUT2D eigenvalue weighted by Gasteiger charge is 2.36. The van der Waals surface area contributed by atoms with Crippen LogP contribution < -0.4 is 0 Å². The Morgan fingerprint density at radius 2 is 0.692 bits per heavy atom. The molecule has 0 aromatic heterocycles. The van der Waals surface area contributed by atoms with E-state index in [-0.39, 0.29) is 0 Å². The Morgan fingerprint density at radius 3 is 1.00 bits per heavy atom. The monoisotopic (exact) mass is 562 g/mol. The van der Waals surface area contributed by atoms with Crippen LogP contribution in [-0.2, 0) is 32.5 Å². The molecule has 0 amide bonds. The molecular formula is C35H66O3Si. The quantitative estimate of drug-likeness (QED) is 0.0750. The van der Waals surface area contributed by atoms with Gasteiger partial charge in [-0.05, 0) is 61.6 Å². The normalized spacial score (nSPS) is 11.9. The summed E-state index contributed by atoms with van der Waals surface area (Å²) in [5.74, 6) is 0. The standard InChI is InChI=1S/C35H66O3Si/c1-6-8-10-12-14-16-18-20-22-26-33-30-34(27-23-21-19-17-15-13-11-9-7-2)32-35(31-33)28-24-25-29-39(36-3,37-4)38-5/h30-32H,6-29H2,1-5H3. The molecule has 0 fully saturated rings. The molecule has 3 nitrogen and oxygen atoms in total. The van der Waals surface area contributed by atoms with Crippen LogP contribution in [-0.4, -0.2) is 30.1 Å². The second-order valence-corrected chi connectivity index (χ2v) is 14.9. The number of unbranched alkanes of at least 4 members (excludes halogenated alkanes) is 17. The minimum atomic E-state index is -2.45. The van der Waals surface area contributed by atoms with Gasteiger partial charge in [0.1, 0.15) is 0 Å². The van der Waals surface area contributed by atoms with Gasteiger partial charge in [0.25, 0.3) is 0 Å². The van der Waals surface area contributed by atoms with Crippen LogP contribution in [0.15, 0.2) is 18.2 Å². The molecule has 1 aromatic rings. The smallest absolute Gasteiger partial charge is 0.377 e. The zero-order valence-electron chi connectivity index (χ0n) is 26.9. The van der Waals surface area contributed by atoms with Gasteiger partial charge >= 0.3 is 8.80 Å². The van der Waals surface area contributed by atoms with Crippen LogP contribution in [0, 0.1) is 0 Å². The Morgan fingerprint density at radius 1 is 0.410 bits per heavy atom. The van der Waals surface area contributed by atoms with Gasteiger partial charge in [-0.1, -0.05) is 135 Å². The van der Waals surface area contributed by atoms with Crippen molar-refractivity contribution in [2.75, 3.05) is 21.3 Å². The molecule has 0 aliphatic carbocycles. The first-order valence-corrected chi connectivity index (χ1v) is 18.8. The molecule has 0 N–H and O–H groups in total. The van der Waals surface area contributed by atoms with Crippen LogP contribution in [0.5, 0.6) is 0 Å². The van der Waals surface area contributed by atoms with E-state index >= 15 is 0 Å². The lowest BCUT2D eigenvalue weighted by atomic mass is 9.95. The molecule has 0 heterocycles. The van der Waals surface area contributed by atoms with E-state index in [9.17, 15) is 0 Å². The van der Waals surface area contributed by atoms with Crippen molar-refractivity contribution < 1.29 is 13.3 Å². The van der Waals surface area contributed by atoms with Crippen LogP contribution in [0.4, 0.5) is 0 Å². The zero-order chi connectivity index (χ0) is 28.4. The SMILES string of the molecule is CCCCCCCCCCCc1cc(CCCCCCCCCCC)cc(CCCC[Si](OC)(OC)OC)c1. The predicted molar refractivity (Wildman–Crippen MR) is 173 cm³/mol. The summed E-state index contributed by atoms with van der Waals surface area (Å²) in [4.78, 5) is 0. The predicted octanol–water partition coefficient (Wildman–Crippen LogP) is 11.0. The van der Waals surface area contributed by atoms with Gasteiger partial charge in [0.05, 0.1) is 0 Å². The third-order valence-electron chi connectivity index (χ3n) is 8.38. The molecule has 1 rings (SSSR count). The Bertz CT molecular complexity index is 625. The number of benzene rings is 1. The van der Waals surface area contributed by atoms with E-state index in [1.165, 1.54) is 134 Å². The fourth-order valence-corrected chi connectivity index (χ4v) is 7.57. The van der Waals surface area contributed by atoms with Gasteiger partial charge < -0.3 is 13.3 Å². The average molecular weight is 563 g/mol. The fourth-order valence-electron chi connectivity index (χ4n) is 5.78. The highest BCUT2D eigenvalue weighted by molar-refractivity contribution is 6.60. The van der Waals surface area contributed by atoms with Crippen molar-refractivity contribution >= 4 is 8.80 Å². The lowest BCUT2D eigenvalue weighted by Crippen LogP contribution is -2.42. The van der Waals surface area contributed by atoms with Gasteiger partial charge in [-0.2, -0.15) is 0 Å². The van der Waals surface area contributed by atoms with Crippen LogP contribution in [0.3, 0.4) is 0 Å². The first-order chi connectivity index (χ1) is 19.1. The molecule has 0 saturated carbocycles. The van der Waals surface area contributed by atoms with E-state index < -0.39 is 8.80 Å². The Balaban J connectivity index is 2.51. The number of aryl methyl sites for hydroxylation is 3. The molecule has 4 heteroatoms. The fraction of sp³-hybridized carbons (Fsp3) is 0.829. The van der Waals surface area contributed by atoms with Gasteiger partial charge in [-0.15, -0.1) is 0 Å². The van der Waals surface area contributed by atoms with E-state index in [4.69, 9.17) is 13.3 Å². The molecule has 0 saturated heterocycles. The third kappa shape index (κ3) is 18.4. The molecule has 0 atom stereocenters. The first-order valence-electron chi connectivity index (χ1n) is 16.9. The zero-order valence-corrected chi connectivity index (χ0v) is 27.9. The molecule has 0 bridgehead atoms. The highest BCUT2D eigenvalue weighted by Crippen LogP contribution is 2.21. The topological polar surface area (TPSA) is 27.7 Å². The van der Waals surface area contributed by atoms with E-state index in [2.05, 4.69) is 32.0 Å². The van der Waals surface area contributed by atoms with Crippen LogP contribution >= 0.6 is 0 Å². The minimum Gasteiger partial charge on any atom is -0.377 e. The highest BCUT2D eigenvalue weighted by atomic mass is 28.4. The molecule has 1 aromatic carbocycles. The summed E-state index contributed by atoms with van der Waals surface area (Å²) < 4.78 is 16.8. The van der Waals surface area contributed by atoms with Gasteiger partial charge in [0.2, 0.25) is 0 Å².